The average molecular weight is 522 g/mol. The first-order valence-corrected chi connectivity index (χ1v) is 12.7. The number of hydrogen-bond acceptors (Lipinski definition) is 9. The van der Waals surface area contributed by atoms with Gasteiger partial charge in [-0.1, -0.05) is 5.16 Å². The van der Waals surface area contributed by atoms with Crippen molar-refractivity contribution in [2.45, 2.75) is 57.0 Å². The fraction of sp³-hybridized carbons (Fsp3) is 0.650. The lowest BCUT2D eigenvalue weighted by atomic mass is 9.88. The molecule has 2 saturated heterocycles. The monoisotopic (exact) mass is 521 g/mol. The number of rotatable bonds is 4. The van der Waals surface area contributed by atoms with E-state index in [0.29, 0.717) is 31.6 Å². The Bertz CT molecular complexity index is 1100. The zero-order valence-corrected chi connectivity index (χ0v) is 19.7. The third-order valence-electron chi connectivity index (χ3n) is 5.72. The van der Waals surface area contributed by atoms with Crippen molar-refractivity contribution < 1.29 is 41.1 Å². The van der Waals surface area contributed by atoms with Crippen molar-refractivity contribution in [1.29, 1.82) is 0 Å². The minimum absolute atomic E-state index is 0.00330. The fourth-order valence-corrected chi connectivity index (χ4v) is 5.86. The second-order valence-corrected chi connectivity index (χ2v) is 11.1. The average Bonchev–Trinajstić information content (AvgIpc) is 3.30. The van der Waals surface area contributed by atoms with Gasteiger partial charge in [0.05, 0.1) is 22.9 Å². The number of alkyl halides is 3. The molecule has 15 heteroatoms. The van der Waals surface area contributed by atoms with Crippen LogP contribution in [0.4, 0.5) is 13.2 Å². The number of nitrogens with zero attached hydrogens (tertiary/aromatic N) is 4. The van der Waals surface area contributed by atoms with Gasteiger partial charge in [-0.05, 0) is 32.7 Å². The van der Waals surface area contributed by atoms with Crippen molar-refractivity contribution in [2.75, 3.05) is 24.6 Å². The number of likely N-dealkylation sites (tertiary alicyclic amines) is 1. The predicted octanol–water partition coefficient (Wildman–Crippen LogP) is 0.833. The SMILES string of the molecule is Cc1cncc(CN2CCCC3(CC(C(=O)NC4CCS(=O)(=O)C4)=NO3)C2)n1.O=C(O)C(F)(F)F. The minimum Gasteiger partial charge on any atom is -0.475 e. The van der Waals surface area contributed by atoms with Crippen LogP contribution in [0.3, 0.4) is 0 Å². The zero-order chi connectivity index (χ0) is 25.9. The van der Waals surface area contributed by atoms with Gasteiger partial charge >= 0.3 is 12.1 Å². The highest BCUT2D eigenvalue weighted by atomic mass is 32.2. The van der Waals surface area contributed by atoms with Crippen LogP contribution in [0.5, 0.6) is 0 Å². The standard InChI is InChI=1S/C18H25N5O4S.C2HF3O2/c1-13-8-19-9-15(20-13)10-23-5-2-4-18(12-23)7-16(22-27-18)17(24)21-14-3-6-28(25,26)11-14;3-2(4,5)1(6)7/h8-9,14H,2-7,10-12H2,1H3,(H,21,24);(H,6,7). The lowest BCUT2D eigenvalue weighted by Crippen LogP contribution is -2.49. The first kappa shape index (κ1) is 26.8. The van der Waals surface area contributed by atoms with Crippen LogP contribution in [-0.4, -0.2) is 88.4 Å². The number of oxime groups is 1. The Hall–Kier alpha value is -2.81. The Morgan fingerprint density at radius 1 is 1.34 bits per heavy atom. The molecule has 35 heavy (non-hydrogen) atoms. The molecule has 0 aromatic carbocycles. The van der Waals surface area contributed by atoms with Crippen LogP contribution in [0, 0.1) is 6.92 Å². The third-order valence-corrected chi connectivity index (χ3v) is 7.49. The number of hydrogen-bond donors (Lipinski definition) is 2. The van der Waals surface area contributed by atoms with Crippen molar-refractivity contribution in [2.24, 2.45) is 5.16 Å². The fourth-order valence-electron chi connectivity index (χ4n) is 4.19. The molecular weight excluding hydrogens is 495 g/mol. The number of carbonyl (C=O) groups excluding carboxylic acids is 1. The maximum atomic E-state index is 12.5. The summed E-state index contributed by atoms with van der Waals surface area (Å²) in [4.78, 5) is 38.1. The molecule has 3 aliphatic rings. The Balaban J connectivity index is 0.000000429. The summed E-state index contributed by atoms with van der Waals surface area (Å²) in [5.74, 6) is -2.95. The maximum Gasteiger partial charge on any atom is 0.490 e. The molecule has 1 aromatic heterocycles. The number of nitrogens with one attached hydrogen (secondary N) is 1. The van der Waals surface area contributed by atoms with Crippen LogP contribution in [0.2, 0.25) is 0 Å². The van der Waals surface area contributed by atoms with Gasteiger partial charge in [-0.25, -0.2) is 13.2 Å². The normalized spacial score (nSPS) is 25.8. The van der Waals surface area contributed by atoms with E-state index in [-0.39, 0.29) is 23.5 Å². The van der Waals surface area contributed by atoms with E-state index in [1.807, 2.05) is 6.92 Å². The van der Waals surface area contributed by atoms with Crippen molar-refractivity contribution in [3.63, 3.8) is 0 Å². The Morgan fingerprint density at radius 3 is 2.66 bits per heavy atom. The van der Waals surface area contributed by atoms with Crippen molar-refractivity contribution >= 4 is 27.4 Å². The van der Waals surface area contributed by atoms with E-state index in [1.54, 1.807) is 12.4 Å². The van der Waals surface area contributed by atoms with Crippen molar-refractivity contribution in [3.05, 3.63) is 23.8 Å². The Kier molecular flexibility index (Phi) is 7.99. The molecule has 2 unspecified atom stereocenters. The highest BCUT2D eigenvalue weighted by molar-refractivity contribution is 7.91. The van der Waals surface area contributed by atoms with Gasteiger partial charge in [0.2, 0.25) is 0 Å². The molecule has 4 heterocycles. The highest BCUT2D eigenvalue weighted by Crippen LogP contribution is 2.34. The quantitative estimate of drug-likeness (QED) is 0.587. The number of piperidine rings is 1. The molecule has 4 rings (SSSR count). The van der Waals surface area contributed by atoms with Gasteiger partial charge < -0.3 is 15.3 Å². The molecular formula is C20H26F3N5O6S. The van der Waals surface area contributed by atoms with E-state index in [9.17, 15) is 26.4 Å². The summed E-state index contributed by atoms with van der Waals surface area (Å²) in [7, 11) is -3.04. The second kappa shape index (κ2) is 10.4. The zero-order valence-electron chi connectivity index (χ0n) is 18.9. The van der Waals surface area contributed by atoms with E-state index >= 15 is 0 Å². The van der Waals surface area contributed by atoms with E-state index < -0.39 is 27.6 Å². The number of carbonyl (C=O) groups is 2. The van der Waals surface area contributed by atoms with E-state index in [4.69, 9.17) is 14.7 Å². The van der Waals surface area contributed by atoms with Crippen LogP contribution in [0.1, 0.15) is 37.1 Å². The molecule has 194 valence electrons. The number of carboxylic acids is 1. The van der Waals surface area contributed by atoms with Gasteiger partial charge in [0.15, 0.2) is 15.4 Å². The number of aryl methyl sites for hydroxylation is 1. The van der Waals surface area contributed by atoms with Crippen LogP contribution >= 0.6 is 0 Å². The number of carboxylic acid groups (broad SMARTS) is 1. The smallest absolute Gasteiger partial charge is 0.475 e. The molecule has 2 N–H and O–H groups in total. The van der Waals surface area contributed by atoms with Crippen molar-refractivity contribution in [1.82, 2.24) is 20.2 Å². The number of aliphatic carboxylic acids is 1. The lowest BCUT2D eigenvalue weighted by molar-refractivity contribution is -0.192. The Morgan fingerprint density at radius 2 is 2.06 bits per heavy atom. The largest absolute Gasteiger partial charge is 0.490 e. The summed E-state index contributed by atoms with van der Waals surface area (Å²) in [5, 5.41) is 14.0. The van der Waals surface area contributed by atoms with Gasteiger partial charge in [0, 0.05) is 37.9 Å². The van der Waals surface area contributed by atoms with E-state index in [0.717, 1.165) is 30.8 Å². The number of amides is 1. The first-order chi connectivity index (χ1) is 16.3. The van der Waals surface area contributed by atoms with Gasteiger partial charge in [-0.15, -0.1) is 0 Å². The molecule has 0 radical (unpaired) electrons. The topological polar surface area (TPSA) is 151 Å². The van der Waals surface area contributed by atoms with E-state index in [2.05, 4.69) is 25.3 Å². The molecule has 0 aliphatic carbocycles. The predicted molar refractivity (Wildman–Crippen MR) is 116 cm³/mol. The summed E-state index contributed by atoms with van der Waals surface area (Å²) >= 11 is 0. The van der Waals surface area contributed by atoms with Crippen molar-refractivity contribution in [3.8, 4) is 0 Å². The van der Waals surface area contributed by atoms with Gasteiger partial charge in [-0.2, -0.15) is 13.2 Å². The number of aromatic nitrogens is 2. The molecule has 1 amide bonds. The van der Waals surface area contributed by atoms with Crippen LogP contribution < -0.4 is 5.32 Å². The highest BCUT2D eigenvalue weighted by Gasteiger charge is 2.45. The molecule has 11 nitrogen and oxygen atoms in total. The van der Waals surface area contributed by atoms with Gasteiger partial charge in [0.1, 0.15) is 5.71 Å². The third kappa shape index (κ3) is 7.59. The first-order valence-electron chi connectivity index (χ1n) is 10.8. The lowest BCUT2D eigenvalue weighted by Gasteiger charge is -2.38. The summed E-state index contributed by atoms with van der Waals surface area (Å²) in [6.45, 7) is 4.20. The molecule has 2 fully saturated rings. The number of sulfone groups is 1. The van der Waals surface area contributed by atoms with E-state index in [1.165, 1.54) is 0 Å². The van der Waals surface area contributed by atoms with Gasteiger partial charge in [-0.3, -0.25) is 19.7 Å². The summed E-state index contributed by atoms with van der Waals surface area (Å²) in [6, 6.07) is -0.334. The Labute approximate surface area is 199 Å². The van der Waals surface area contributed by atoms with Crippen LogP contribution in [0.25, 0.3) is 0 Å². The molecule has 0 bridgehead atoms. The minimum atomic E-state index is -5.08. The van der Waals surface area contributed by atoms with Crippen LogP contribution in [-0.2, 0) is 30.8 Å². The molecule has 2 atom stereocenters. The summed E-state index contributed by atoms with van der Waals surface area (Å²) < 4.78 is 54.9. The molecule has 3 aliphatic heterocycles. The second-order valence-electron chi connectivity index (χ2n) is 8.83. The summed E-state index contributed by atoms with van der Waals surface area (Å²) in [5.41, 5.74) is 1.65. The van der Waals surface area contributed by atoms with Gasteiger partial charge in [0.25, 0.3) is 5.91 Å². The van der Waals surface area contributed by atoms with Crippen LogP contribution in [0.15, 0.2) is 17.5 Å². The molecule has 1 spiro atoms. The summed E-state index contributed by atoms with van der Waals surface area (Å²) in [6.07, 6.45) is 1.10. The maximum absolute atomic E-state index is 12.5. The molecule has 0 saturated carbocycles. The molecule has 1 aromatic rings. The number of halogens is 3.